The SMILES string of the molecule is CCOC(=O)C1CCN(C(=O)CNc2cccc(NC(=O)C(C)C)c2)CC1. The number of benzene rings is 1. The minimum absolute atomic E-state index is 0.00562. The average molecular weight is 375 g/mol. The Hall–Kier alpha value is -2.57. The normalized spacial score (nSPS) is 14.7. The van der Waals surface area contributed by atoms with Gasteiger partial charge in [0, 0.05) is 30.4 Å². The molecule has 0 radical (unpaired) electrons. The lowest BCUT2D eigenvalue weighted by molar-refractivity contribution is -0.151. The number of carbonyl (C=O) groups is 3. The smallest absolute Gasteiger partial charge is 0.309 e. The first kappa shape index (κ1) is 20.7. The van der Waals surface area contributed by atoms with Crippen LogP contribution in [-0.4, -0.2) is 48.9 Å². The maximum atomic E-state index is 12.4. The molecule has 1 aromatic rings. The Labute approximate surface area is 160 Å². The second kappa shape index (κ2) is 9.94. The van der Waals surface area contributed by atoms with Gasteiger partial charge in [-0.15, -0.1) is 0 Å². The lowest BCUT2D eigenvalue weighted by Gasteiger charge is -2.31. The van der Waals surface area contributed by atoms with Crippen molar-refractivity contribution in [2.75, 3.05) is 36.9 Å². The molecule has 1 aliphatic rings. The fraction of sp³-hybridized carbons (Fsp3) is 0.550. The van der Waals surface area contributed by atoms with Gasteiger partial charge in [0.05, 0.1) is 19.1 Å². The number of nitrogens with zero attached hydrogens (tertiary/aromatic N) is 1. The van der Waals surface area contributed by atoms with Crippen molar-refractivity contribution in [3.8, 4) is 0 Å². The van der Waals surface area contributed by atoms with Gasteiger partial charge in [-0.05, 0) is 38.0 Å². The van der Waals surface area contributed by atoms with Crippen LogP contribution in [0, 0.1) is 11.8 Å². The fourth-order valence-corrected chi connectivity index (χ4v) is 2.91. The lowest BCUT2D eigenvalue weighted by Crippen LogP contribution is -2.43. The summed E-state index contributed by atoms with van der Waals surface area (Å²) >= 11 is 0. The van der Waals surface area contributed by atoms with Crippen molar-refractivity contribution >= 4 is 29.2 Å². The van der Waals surface area contributed by atoms with E-state index in [1.54, 1.807) is 17.9 Å². The van der Waals surface area contributed by atoms with Gasteiger partial charge in [-0.2, -0.15) is 0 Å². The predicted octanol–water partition coefficient (Wildman–Crippen LogP) is 2.49. The van der Waals surface area contributed by atoms with Crippen LogP contribution in [0.15, 0.2) is 24.3 Å². The molecule has 7 nitrogen and oxygen atoms in total. The van der Waals surface area contributed by atoms with E-state index < -0.39 is 0 Å². The molecule has 148 valence electrons. The number of likely N-dealkylation sites (tertiary alicyclic amines) is 1. The highest BCUT2D eigenvalue weighted by atomic mass is 16.5. The van der Waals surface area contributed by atoms with Crippen LogP contribution in [0.5, 0.6) is 0 Å². The Kier molecular flexibility index (Phi) is 7.64. The fourth-order valence-electron chi connectivity index (χ4n) is 2.91. The summed E-state index contributed by atoms with van der Waals surface area (Å²) < 4.78 is 5.05. The summed E-state index contributed by atoms with van der Waals surface area (Å²) in [5, 5.41) is 5.95. The second-order valence-corrected chi connectivity index (χ2v) is 6.99. The highest BCUT2D eigenvalue weighted by Crippen LogP contribution is 2.19. The molecule has 0 bridgehead atoms. The summed E-state index contributed by atoms with van der Waals surface area (Å²) in [7, 11) is 0. The van der Waals surface area contributed by atoms with Crippen LogP contribution in [0.3, 0.4) is 0 Å². The molecule has 1 aliphatic heterocycles. The molecule has 0 unspecified atom stereocenters. The van der Waals surface area contributed by atoms with Gasteiger partial charge in [0.25, 0.3) is 0 Å². The number of hydrogen-bond acceptors (Lipinski definition) is 5. The molecule has 0 aliphatic carbocycles. The largest absolute Gasteiger partial charge is 0.466 e. The van der Waals surface area contributed by atoms with Gasteiger partial charge in [-0.3, -0.25) is 14.4 Å². The van der Waals surface area contributed by atoms with E-state index in [1.165, 1.54) is 0 Å². The van der Waals surface area contributed by atoms with E-state index in [2.05, 4.69) is 10.6 Å². The molecule has 1 aromatic carbocycles. The average Bonchev–Trinajstić information content (AvgIpc) is 2.66. The van der Waals surface area contributed by atoms with E-state index in [-0.39, 0.29) is 36.2 Å². The van der Waals surface area contributed by atoms with Crippen molar-refractivity contribution in [2.24, 2.45) is 11.8 Å². The van der Waals surface area contributed by atoms with Crippen molar-refractivity contribution < 1.29 is 19.1 Å². The molecule has 7 heteroatoms. The van der Waals surface area contributed by atoms with Crippen LogP contribution >= 0.6 is 0 Å². The Morgan fingerprint density at radius 1 is 1.19 bits per heavy atom. The van der Waals surface area contributed by atoms with Crippen molar-refractivity contribution in [3.05, 3.63) is 24.3 Å². The Morgan fingerprint density at radius 2 is 1.85 bits per heavy atom. The first-order valence-electron chi connectivity index (χ1n) is 9.50. The zero-order valence-electron chi connectivity index (χ0n) is 16.3. The van der Waals surface area contributed by atoms with E-state index in [9.17, 15) is 14.4 Å². The minimum Gasteiger partial charge on any atom is -0.466 e. The molecule has 0 aromatic heterocycles. The molecule has 2 amide bonds. The van der Waals surface area contributed by atoms with Crippen molar-refractivity contribution in [2.45, 2.75) is 33.6 Å². The van der Waals surface area contributed by atoms with Crippen LogP contribution in [0.4, 0.5) is 11.4 Å². The molecule has 27 heavy (non-hydrogen) atoms. The number of hydrogen-bond donors (Lipinski definition) is 2. The summed E-state index contributed by atoms with van der Waals surface area (Å²) in [5.41, 5.74) is 1.47. The third kappa shape index (κ3) is 6.27. The predicted molar refractivity (Wildman–Crippen MR) is 104 cm³/mol. The van der Waals surface area contributed by atoms with Gasteiger partial charge >= 0.3 is 5.97 Å². The number of piperidine rings is 1. The van der Waals surface area contributed by atoms with Gasteiger partial charge in [-0.25, -0.2) is 0 Å². The highest BCUT2D eigenvalue weighted by molar-refractivity contribution is 5.92. The van der Waals surface area contributed by atoms with Gasteiger partial charge in [-0.1, -0.05) is 19.9 Å². The summed E-state index contributed by atoms with van der Waals surface area (Å²) in [4.78, 5) is 37.7. The van der Waals surface area contributed by atoms with E-state index in [1.807, 2.05) is 32.0 Å². The zero-order valence-corrected chi connectivity index (χ0v) is 16.3. The standard InChI is InChI=1S/C20H29N3O4/c1-4-27-20(26)15-8-10-23(11-9-15)18(24)13-21-16-6-5-7-17(12-16)22-19(25)14(2)3/h5-7,12,14-15,21H,4,8-11,13H2,1-3H3,(H,22,25). The number of carbonyl (C=O) groups excluding carboxylic acids is 3. The Morgan fingerprint density at radius 3 is 2.48 bits per heavy atom. The monoisotopic (exact) mass is 375 g/mol. The maximum absolute atomic E-state index is 12.4. The molecule has 1 saturated heterocycles. The number of rotatable bonds is 7. The third-order valence-corrected chi connectivity index (χ3v) is 4.57. The molecule has 1 heterocycles. The van der Waals surface area contributed by atoms with Crippen molar-refractivity contribution in [1.29, 1.82) is 0 Å². The molecule has 0 spiro atoms. The van der Waals surface area contributed by atoms with Crippen molar-refractivity contribution in [3.63, 3.8) is 0 Å². The zero-order chi connectivity index (χ0) is 19.8. The second-order valence-electron chi connectivity index (χ2n) is 6.99. The van der Waals surface area contributed by atoms with E-state index in [4.69, 9.17) is 4.74 Å². The van der Waals surface area contributed by atoms with E-state index in [0.717, 1.165) is 5.69 Å². The van der Waals surface area contributed by atoms with Crippen molar-refractivity contribution in [1.82, 2.24) is 4.90 Å². The van der Waals surface area contributed by atoms with Gasteiger partial charge in [0.15, 0.2) is 0 Å². The molecule has 2 N–H and O–H groups in total. The van der Waals surface area contributed by atoms with E-state index >= 15 is 0 Å². The number of anilines is 2. The van der Waals surface area contributed by atoms with Crippen LogP contribution < -0.4 is 10.6 Å². The molecule has 2 rings (SSSR count). The van der Waals surface area contributed by atoms with Crippen LogP contribution in [-0.2, 0) is 19.1 Å². The van der Waals surface area contributed by atoms with Gasteiger partial charge < -0.3 is 20.3 Å². The maximum Gasteiger partial charge on any atom is 0.309 e. The molecule has 1 fully saturated rings. The van der Waals surface area contributed by atoms with Crippen LogP contribution in [0.2, 0.25) is 0 Å². The first-order chi connectivity index (χ1) is 12.9. The third-order valence-electron chi connectivity index (χ3n) is 4.57. The molecular weight excluding hydrogens is 346 g/mol. The van der Waals surface area contributed by atoms with Gasteiger partial charge in [0.1, 0.15) is 0 Å². The Bertz CT molecular complexity index is 667. The molecule has 0 saturated carbocycles. The molecule has 0 atom stereocenters. The van der Waals surface area contributed by atoms with Gasteiger partial charge in [0.2, 0.25) is 11.8 Å². The highest BCUT2D eigenvalue weighted by Gasteiger charge is 2.27. The summed E-state index contributed by atoms with van der Waals surface area (Å²) in [6, 6.07) is 7.30. The summed E-state index contributed by atoms with van der Waals surface area (Å²) in [5.74, 6) is -0.423. The first-order valence-corrected chi connectivity index (χ1v) is 9.50. The minimum atomic E-state index is -0.164. The topological polar surface area (TPSA) is 87.7 Å². The Balaban J connectivity index is 1.81. The quantitative estimate of drug-likeness (QED) is 0.715. The van der Waals surface area contributed by atoms with Crippen LogP contribution in [0.25, 0.3) is 0 Å². The summed E-state index contributed by atoms with van der Waals surface area (Å²) in [6.07, 6.45) is 1.28. The van der Waals surface area contributed by atoms with E-state index in [0.29, 0.717) is 38.2 Å². The summed E-state index contributed by atoms with van der Waals surface area (Å²) in [6.45, 7) is 7.15. The lowest BCUT2D eigenvalue weighted by atomic mass is 9.97. The number of ether oxygens (including phenoxy) is 1. The number of esters is 1. The van der Waals surface area contributed by atoms with Crippen LogP contribution in [0.1, 0.15) is 33.6 Å². The molecular formula is C20H29N3O4. The number of nitrogens with one attached hydrogen (secondary N) is 2. The number of amides is 2.